The van der Waals surface area contributed by atoms with Crippen molar-refractivity contribution in [2.75, 3.05) is 18.0 Å². The summed E-state index contributed by atoms with van der Waals surface area (Å²) in [6, 6.07) is 10.0. The number of fused-ring (bicyclic) bond motifs is 1. The predicted molar refractivity (Wildman–Crippen MR) is 72.4 cm³/mol. The Bertz CT molecular complexity index is 586. The second-order valence-electron chi connectivity index (χ2n) is 4.11. The van der Waals surface area contributed by atoms with E-state index in [0.717, 1.165) is 29.1 Å². The molecule has 0 aliphatic carbocycles. The molecule has 0 N–H and O–H groups in total. The smallest absolute Gasteiger partial charge is 0.150 e. The molecule has 0 bridgehead atoms. The highest BCUT2D eigenvalue weighted by Gasteiger charge is 2.11. The number of anilines is 1. The molecule has 1 aromatic heterocycles. The van der Waals surface area contributed by atoms with Crippen molar-refractivity contribution in [1.82, 2.24) is 9.97 Å². The van der Waals surface area contributed by atoms with Gasteiger partial charge in [0.25, 0.3) is 0 Å². The maximum atomic E-state index is 8.69. The summed E-state index contributed by atoms with van der Waals surface area (Å²) < 4.78 is 0. The Kier molecular flexibility index (Phi) is 3.73. The van der Waals surface area contributed by atoms with Gasteiger partial charge in [-0.1, -0.05) is 12.1 Å². The van der Waals surface area contributed by atoms with Crippen LogP contribution in [0, 0.1) is 18.3 Å². The lowest BCUT2D eigenvalue weighted by molar-refractivity contribution is 0.804. The van der Waals surface area contributed by atoms with Crippen LogP contribution in [0.1, 0.15) is 19.0 Å². The molecule has 0 saturated heterocycles. The third-order valence-electron chi connectivity index (χ3n) is 2.89. The van der Waals surface area contributed by atoms with Gasteiger partial charge in [-0.05, 0) is 26.0 Å². The molecule has 0 radical (unpaired) electrons. The van der Waals surface area contributed by atoms with E-state index >= 15 is 0 Å². The number of hydrogen-bond donors (Lipinski definition) is 0. The summed E-state index contributed by atoms with van der Waals surface area (Å²) in [5.41, 5.74) is 2.72. The van der Waals surface area contributed by atoms with Gasteiger partial charge in [0.2, 0.25) is 0 Å². The molecule has 0 saturated carbocycles. The molecule has 0 aliphatic heterocycles. The van der Waals surface area contributed by atoms with E-state index in [1.165, 1.54) is 0 Å². The molecule has 0 spiro atoms. The first kappa shape index (κ1) is 12.3. The summed E-state index contributed by atoms with van der Waals surface area (Å²) >= 11 is 0. The SMILES string of the molecule is CCN(CCC#N)c1nc2ccccc2nc1C. The van der Waals surface area contributed by atoms with Crippen LogP contribution in [-0.2, 0) is 0 Å². The second kappa shape index (κ2) is 5.46. The van der Waals surface area contributed by atoms with Crippen molar-refractivity contribution in [2.45, 2.75) is 20.3 Å². The van der Waals surface area contributed by atoms with Crippen LogP contribution in [0.3, 0.4) is 0 Å². The quantitative estimate of drug-likeness (QED) is 0.824. The molecule has 2 aromatic rings. The van der Waals surface area contributed by atoms with E-state index in [0.29, 0.717) is 13.0 Å². The van der Waals surface area contributed by atoms with Gasteiger partial charge in [-0.2, -0.15) is 5.26 Å². The number of para-hydroxylation sites is 2. The zero-order valence-electron chi connectivity index (χ0n) is 10.7. The second-order valence-corrected chi connectivity index (χ2v) is 4.11. The molecular weight excluding hydrogens is 224 g/mol. The molecule has 4 heteroatoms. The summed E-state index contributed by atoms with van der Waals surface area (Å²) in [6.45, 7) is 5.55. The number of nitrogens with zero attached hydrogens (tertiary/aromatic N) is 4. The molecule has 0 fully saturated rings. The highest BCUT2D eigenvalue weighted by atomic mass is 15.2. The first-order valence-corrected chi connectivity index (χ1v) is 6.11. The van der Waals surface area contributed by atoms with Crippen LogP contribution in [0.25, 0.3) is 11.0 Å². The number of nitriles is 1. The van der Waals surface area contributed by atoms with Gasteiger partial charge < -0.3 is 4.90 Å². The van der Waals surface area contributed by atoms with Crippen LogP contribution < -0.4 is 4.90 Å². The van der Waals surface area contributed by atoms with E-state index in [4.69, 9.17) is 5.26 Å². The van der Waals surface area contributed by atoms with Crippen LogP contribution >= 0.6 is 0 Å². The minimum atomic E-state index is 0.502. The third-order valence-corrected chi connectivity index (χ3v) is 2.89. The molecule has 18 heavy (non-hydrogen) atoms. The topological polar surface area (TPSA) is 52.8 Å². The third kappa shape index (κ3) is 2.40. The van der Waals surface area contributed by atoms with E-state index in [1.54, 1.807) is 0 Å². The Morgan fingerprint density at radius 3 is 2.50 bits per heavy atom. The van der Waals surface area contributed by atoms with E-state index < -0.39 is 0 Å². The highest BCUT2D eigenvalue weighted by molar-refractivity contribution is 5.76. The Hall–Kier alpha value is -2.15. The van der Waals surface area contributed by atoms with Gasteiger partial charge in [-0.15, -0.1) is 0 Å². The fraction of sp³-hybridized carbons (Fsp3) is 0.357. The summed E-state index contributed by atoms with van der Waals surface area (Å²) in [5.74, 6) is 0.881. The van der Waals surface area contributed by atoms with Gasteiger partial charge in [0.05, 0.1) is 29.2 Å². The maximum Gasteiger partial charge on any atom is 0.150 e. The maximum absolute atomic E-state index is 8.69. The van der Waals surface area contributed by atoms with Gasteiger partial charge in [0.15, 0.2) is 5.82 Å². The van der Waals surface area contributed by atoms with E-state index in [9.17, 15) is 0 Å². The van der Waals surface area contributed by atoms with Gasteiger partial charge >= 0.3 is 0 Å². The lowest BCUT2D eigenvalue weighted by Crippen LogP contribution is -2.26. The Balaban J connectivity index is 2.42. The van der Waals surface area contributed by atoms with Gasteiger partial charge in [0.1, 0.15) is 0 Å². The summed E-state index contributed by atoms with van der Waals surface area (Å²) in [6.07, 6.45) is 0.502. The Morgan fingerprint density at radius 1 is 1.22 bits per heavy atom. The summed E-state index contributed by atoms with van der Waals surface area (Å²) in [5, 5.41) is 8.69. The average molecular weight is 240 g/mol. The standard InChI is InChI=1S/C14H16N4/c1-3-18(10-6-9-15)14-11(2)16-12-7-4-5-8-13(12)17-14/h4-5,7-8H,3,6,10H2,1-2H3. The molecule has 4 nitrogen and oxygen atoms in total. The molecule has 0 atom stereocenters. The van der Waals surface area contributed by atoms with Crippen molar-refractivity contribution in [3.63, 3.8) is 0 Å². The zero-order valence-corrected chi connectivity index (χ0v) is 10.7. The van der Waals surface area contributed by atoms with Gasteiger partial charge in [-0.3, -0.25) is 0 Å². The van der Waals surface area contributed by atoms with Crippen LogP contribution in [0.15, 0.2) is 24.3 Å². The molecule has 1 aromatic carbocycles. The van der Waals surface area contributed by atoms with Crippen molar-refractivity contribution in [3.8, 4) is 6.07 Å². The van der Waals surface area contributed by atoms with Gasteiger partial charge in [0, 0.05) is 13.1 Å². The van der Waals surface area contributed by atoms with Crippen molar-refractivity contribution < 1.29 is 0 Å². The van der Waals surface area contributed by atoms with Crippen molar-refractivity contribution in [2.24, 2.45) is 0 Å². The molecule has 0 unspecified atom stereocenters. The number of rotatable bonds is 4. The molecule has 2 rings (SSSR count). The lowest BCUT2D eigenvalue weighted by atomic mass is 10.2. The minimum absolute atomic E-state index is 0.502. The van der Waals surface area contributed by atoms with E-state index in [2.05, 4.69) is 27.9 Å². The monoisotopic (exact) mass is 240 g/mol. The summed E-state index contributed by atoms with van der Waals surface area (Å²) in [4.78, 5) is 11.3. The predicted octanol–water partition coefficient (Wildman–Crippen LogP) is 2.68. The molecule has 0 aliphatic rings. The first-order chi connectivity index (χ1) is 8.76. The summed E-state index contributed by atoms with van der Waals surface area (Å²) in [7, 11) is 0. The fourth-order valence-corrected chi connectivity index (χ4v) is 1.98. The zero-order chi connectivity index (χ0) is 13.0. The van der Waals surface area contributed by atoms with Crippen molar-refractivity contribution in [3.05, 3.63) is 30.0 Å². The minimum Gasteiger partial charge on any atom is -0.354 e. The van der Waals surface area contributed by atoms with Crippen LogP contribution in [0.4, 0.5) is 5.82 Å². The van der Waals surface area contributed by atoms with Crippen LogP contribution in [0.2, 0.25) is 0 Å². The molecule has 0 amide bonds. The Morgan fingerprint density at radius 2 is 1.89 bits per heavy atom. The molecule has 1 heterocycles. The van der Waals surface area contributed by atoms with E-state index in [-0.39, 0.29) is 0 Å². The number of aryl methyl sites for hydroxylation is 1. The normalized spacial score (nSPS) is 10.3. The van der Waals surface area contributed by atoms with Crippen molar-refractivity contribution >= 4 is 16.9 Å². The average Bonchev–Trinajstić information content (AvgIpc) is 2.40. The first-order valence-electron chi connectivity index (χ1n) is 6.11. The van der Waals surface area contributed by atoms with Crippen LogP contribution in [0.5, 0.6) is 0 Å². The largest absolute Gasteiger partial charge is 0.354 e. The molecular formula is C14H16N4. The number of hydrogen-bond acceptors (Lipinski definition) is 4. The fourth-order valence-electron chi connectivity index (χ4n) is 1.98. The van der Waals surface area contributed by atoms with Gasteiger partial charge in [-0.25, -0.2) is 9.97 Å². The highest BCUT2D eigenvalue weighted by Crippen LogP contribution is 2.19. The Labute approximate surface area is 107 Å². The number of benzene rings is 1. The van der Waals surface area contributed by atoms with E-state index in [1.807, 2.05) is 31.2 Å². The number of aromatic nitrogens is 2. The van der Waals surface area contributed by atoms with Crippen molar-refractivity contribution in [1.29, 1.82) is 5.26 Å². The lowest BCUT2D eigenvalue weighted by Gasteiger charge is -2.22. The van der Waals surface area contributed by atoms with Crippen LogP contribution in [-0.4, -0.2) is 23.1 Å². The molecule has 92 valence electrons.